The molecule has 110 valence electrons. The Balaban J connectivity index is 1.78. The number of ether oxygens (including phenoxy) is 1. The van der Waals surface area contributed by atoms with Crippen molar-refractivity contribution in [2.75, 3.05) is 0 Å². The molecular weight excluding hydrogens is 260 g/mol. The molecule has 1 atom stereocenters. The van der Waals surface area contributed by atoms with Crippen LogP contribution in [0.15, 0.2) is 36.4 Å². The van der Waals surface area contributed by atoms with Crippen molar-refractivity contribution in [1.82, 2.24) is 0 Å². The molecule has 0 bridgehead atoms. The van der Waals surface area contributed by atoms with Crippen LogP contribution in [-0.4, -0.2) is 5.11 Å². The van der Waals surface area contributed by atoms with Crippen LogP contribution in [0.1, 0.15) is 46.8 Å². The van der Waals surface area contributed by atoms with E-state index in [0.29, 0.717) is 6.61 Å². The largest absolute Gasteiger partial charge is 0.489 e. The van der Waals surface area contributed by atoms with Crippen LogP contribution in [0, 0.1) is 13.8 Å². The van der Waals surface area contributed by atoms with Crippen molar-refractivity contribution < 1.29 is 9.84 Å². The molecule has 0 spiro atoms. The standard InChI is InChI=1S/C19H22O2/c1-13-5-3-6-14(2)18(13)12-21-16-10-9-15-7-4-8-19(20)17(15)11-16/h3,5-6,9-11,19-20H,4,7-8,12H2,1-2H3/t19-/m0/s1. The van der Waals surface area contributed by atoms with Crippen molar-refractivity contribution in [3.63, 3.8) is 0 Å². The normalized spacial score (nSPS) is 17.4. The first-order valence-corrected chi connectivity index (χ1v) is 7.64. The van der Waals surface area contributed by atoms with Gasteiger partial charge in [-0.2, -0.15) is 0 Å². The van der Waals surface area contributed by atoms with Crippen molar-refractivity contribution in [3.05, 3.63) is 64.2 Å². The number of aliphatic hydroxyl groups excluding tert-OH is 1. The summed E-state index contributed by atoms with van der Waals surface area (Å²) in [6.45, 7) is 4.80. The van der Waals surface area contributed by atoms with Crippen molar-refractivity contribution in [2.45, 2.75) is 45.8 Å². The number of hydrogen-bond donors (Lipinski definition) is 1. The van der Waals surface area contributed by atoms with Gasteiger partial charge in [0, 0.05) is 0 Å². The molecule has 1 aliphatic rings. The maximum Gasteiger partial charge on any atom is 0.120 e. The Morgan fingerprint density at radius 1 is 1.14 bits per heavy atom. The fourth-order valence-electron chi connectivity index (χ4n) is 3.07. The molecule has 21 heavy (non-hydrogen) atoms. The fourth-order valence-corrected chi connectivity index (χ4v) is 3.07. The Morgan fingerprint density at radius 3 is 2.67 bits per heavy atom. The van der Waals surface area contributed by atoms with E-state index in [1.807, 2.05) is 12.1 Å². The topological polar surface area (TPSA) is 29.5 Å². The van der Waals surface area contributed by atoms with E-state index in [2.05, 4.69) is 38.1 Å². The summed E-state index contributed by atoms with van der Waals surface area (Å²) in [4.78, 5) is 0. The van der Waals surface area contributed by atoms with Crippen LogP contribution in [0.4, 0.5) is 0 Å². The third-order valence-electron chi connectivity index (χ3n) is 4.43. The van der Waals surface area contributed by atoms with Gasteiger partial charge < -0.3 is 9.84 Å². The van der Waals surface area contributed by atoms with Gasteiger partial charge in [-0.1, -0.05) is 24.3 Å². The summed E-state index contributed by atoms with van der Waals surface area (Å²) >= 11 is 0. The highest BCUT2D eigenvalue weighted by molar-refractivity contribution is 5.39. The van der Waals surface area contributed by atoms with Gasteiger partial charge in [0.2, 0.25) is 0 Å². The molecule has 0 heterocycles. The Labute approximate surface area is 126 Å². The Kier molecular flexibility index (Phi) is 3.98. The van der Waals surface area contributed by atoms with Gasteiger partial charge in [0.05, 0.1) is 6.10 Å². The highest BCUT2D eigenvalue weighted by Gasteiger charge is 2.18. The van der Waals surface area contributed by atoms with Crippen molar-refractivity contribution >= 4 is 0 Å². The second kappa shape index (κ2) is 5.90. The van der Waals surface area contributed by atoms with Crippen LogP contribution in [-0.2, 0) is 13.0 Å². The molecule has 0 saturated heterocycles. The molecule has 0 aromatic heterocycles. The van der Waals surface area contributed by atoms with Gasteiger partial charge in [-0.25, -0.2) is 0 Å². The summed E-state index contributed by atoms with van der Waals surface area (Å²) in [6, 6.07) is 12.4. The Hall–Kier alpha value is -1.80. The van der Waals surface area contributed by atoms with E-state index in [0.717, 1.165) is 30.6 Å². The summed E-state index contributed by atoms with van der Waals surface area (Å²) in [5, 5.41) is 10.1. The number of hydrogen-bond acceptors (Lipinski definition) is 2. The molecule has 0 unspecified atom stereocenters. The van der Waals surface area contributed by atoms with Crippen LogP contribution in [0.2, 0.25) is 0 Å². The molecule has 1 aliphatic carbocycles. The number of aliphatic hydroxyl groups is 1. The van der Waals surface area contributed by atoms with E-state index < -0.39 is 0 Å². The highest BCUT2D eigenvalue weighted by atomic mass is 16.5. The van der Waals surface area contributed by atoms with Crippen molar-refractivity contribution in [3.8, 4) is 5.75 Å². The van der Waals surface area contributed by atoms with Gasteiger partial charge in [0.15, 0.2) is 0 Å². The maximum absolute atomic E-state index is 10.1. The minimum atomic E-state index is -0.336. The number of benzene rings is 2. The van der Waals surface area contributed by atoms with Crippen LogP contribution in [0.5, 0.6) is 5.75 Å². The molecule has 2 aromatic carbocycles. The zero-order valence-electron chi connectivity index (χ0n) is 12.7. The molecule has 2 heteroatoms. The van der Waals surface area contributed by atoms with Crippen molar-refractivity contribution in [1.29, 1.82) is 0 Å². The molecule has 0 radical (unpaired) electrons. The average Bonchev–Trinajstić information content (AvgIpc) is 2.47. The van der Waals surface area contributed by atoms with E-state index in [1.165, 1.54) is 22.3 Å². The smallest absolute Gasteiger partial charge is 0.120 e. The third kappa shape index (κ3) is 2.96. The molecule has 0 aliphatic heterocycles. The number of fused-ring (bicyclic) bond motifs is 1. The van der Waals surface area contributed by atoms with Crippen LogP contribution in [0.3, 0.4) is 0 Å². The summed E-state index contributed by atoms with van der Waals surface area (Å²) in [6.07, 6.45) is 2.64. The highest BCUT2D eigenvalue weighted by Crippen LogP contribution is 2.32. The molecule has 2 aromatic rings. The summed E-state index contributed by atoms with van der Waals surface area (Å²) in [5.74, 6) is 0.845. The zero-order chi connectivity index (χ0) is 14.8. The maximum atomic E-state index is 10.1. The van der Waals surface area contributed by atoms with E-state index in [1.54, 1.807) is 0 Å². The molecule has 0 fully saturated rings. The zero-order valence-corrected chi connectivity index (χ0v) is 12.7. The van der Waals surface area contributed by atoms with Gasteiger partial charge in [0.1, 0.15) is 12.4 Å². The lowest BCUT2D eigenvalue weighted by atomic mass is 9.89. The summed E-state index contributed by atoms with van der Waals surface area (Å²) in [5.41, 5.74) is 6.06. The first-order chi connectivity index (χ1) is 10.1. The van der Waals surface area contributed by atoms with Crippen molar-refractivity contribution in [2.24, 2.45) is 0 Å². The first kappa shape index (κ1) is 14.2. The molecule has 1 N–H and O–H groups in total. The van der Waals surface area contributed by atoms with E-state index in [-0.39, 0.29) is 6.10 Å². The predicted molar refractivity (Wildman–Crippen MR) is 84.6 cm³/mol. The third-order valence-corrected chi connectivity index (χ3v) is 4.43. The van der Waals surface area contributed by atoms with Crippen LogP contribution in [0.25, 0.3) is 0 Å². The Bertz CT molecular complexity index is 626. The molecule has 0 amide bonds. The van der Waals surface area contributed by atoms with Crippen LogP contribution >= 0.6 is 0 Å². The summed E-state index contributed by atoms with van der Waals surface area (Å²) in [7, 11) is 0. The molecule has 3 rings (SSSR count). The Morgan fingerprint density at radius 2 is 1.90 bits per heavy atom. The number of aryl methyl sites for hydroxylation is 3. The SMILES string of the molecule is Cc1cccc(C)c1COc1ccc2c(c1)[C@@H](O)CCC2. The lowest BCUT2D eigenvalue weighted by Crippen LogP contribution is -2.09. The molecular formula is C19H22O2. The number of rotatable bonds is 3. The first-order valence-electron chi connectivity index (χ1n) is 7.64. The molecule has 0 saturated carbocycles. The lowest BCUT2D eigenvalue weighted by molar-refractivity contribution is 0.156. The molecule has 2 nitrogen and oxygen atoms in total. The fraction of sp³-hybridized carbons (Fsp3) is 0.368. The van der Waals surface area contributed by atoms with E-state index in [4.69, 9.17) is 4.74 Å². The van der Waals surface area contributed by atoms with E-state index >= 15 is 0 Å². The quantitative estimate of drug-likeness (QED) is 0.911. The van der Waals surface area contributed by atoms with Gasteiger partial charge in [-0.3, -0.25) is 0 Å². The second-order valence-corrected chi connectivity index (χ2v) is 5.93. The lowest BCUT2D eigenvalue weighted by Gasteiger charge is -2.22. The van der Waals surface area contributed by atoms with Gasteiger partial charge in [-0.15, -0.1) is 0 Å². The minimum Gasteiger partial charge on any atom is -0.489 e. The predicted octanol–water partition coefficient (Wildman–Crippen LogP) is 4.25. The van der Waals surface area contributed by atoms with Gasteiger partial charge in [-0.05, 0) is 73.1 Å². The monoisotopic (exact) mass is 282 g/mol. The van der Waals surface area contributed by atoms with Gasteiger partial charge >= 0.3 is 0 Å². The van der Waals surface area contributed by atoms with Crippen LogP contribution < -0.4 is 4.74 Å². The summed E-state index contributed by atoms with van der Waals surface area (Å²) < 4.78 is 5.96. The van der Waals surface area contributed by atoms with E-state index in [9.17, 15) is 5.11 Å². The average molecular weight is 282 g/mol. The second-order valence-electron chi connectivity index (χ2n) is 5.93. The van der Waals surface area contributed by atoms with Gasteiger partial charge in [0.25, 0.3) is 0 Å². The minimum absolute atomic E-state index is 0.336.